The fourth-order valence-corrected chi connectivity index (χ4v) is 3.37. The molecule has 1 fully saturated rings. The lowest BCUT2D eigenvalue weighted by atomic mass is 9.79. The van der Waals surface area contributed by atoms with Gasteiger partial charge >= 0.3 is 5.97 Å². The normalized spacial score (nSPS) is 20.3. The van der Waals surface area contributed by atoms with Crippen molar-refractivity contribution in [3.63, 3.8) is 0 Å². The monoisotopic (exact) mass is 333 g/mol. The second-order valence-corrected chi connectivity index (χ2v) is 6.59. The maximum Gasteiger partial charge on any atom is 0.309 e. The van der Waals surface area contributed by atoms with Gasteiger partial charge in [0, 0.05) is 6.54 Å². The molecule has 0 radical (unpaired) electrons. The smallest absolute Gasteiger partial charge is 0.309 e. The van der Waals surface area contributed by atoms with Gasteiger partial charge in [-0.1, -0.05) is 18.9 Å². The minimum atomic E-state index is -0.166. The highest BCUT2D eigenvalue weighted by Crippen LogP contribution is 2.30. The summed E-state index contributed by atoms with van der Waals surface area (Å²) in [6.07, 6.45) is 3.91. The average molecular weight is 333 g/mol. The fraction of sp³-hybridized carbons (Fsp3) is 0.579. The first-order chi connectivity index (χ1) is 11.5. The molecule has 0 spiro atoms. The zero-order valence-electron chi connectivity index (χ0n) is 14.8. The minimum Gasteiger partial charge on any atom is -0.484 e. The SMILES string of the molecule is COC(=O)C1CCCCC1CNC(=O)COc1cc(C)cc(C)c1. The van der Waals surface area contributed by atoms with E-state index in [0.29, 0.717) is 12.3 Å². The maximum atomic E-state index is 12.0. The van der Waals surface area contributed by atoms with Crippen molar-refractivity contribution in [1.29, 1.82) is 0 Å². The van der Waals surface area contributed by atoms with Gasteiger partial charge in [-0.15, -0.1) is 0 Å². The largest absolute Gasteiger partial charge is 0.484 e. The number of amides is 1. The first-order valence-electron chi connectivity index (χ1n) is 8.55. The summed E-state index contributed by atoms with van der Waals surface area (Å²) in [7, 11) is 1.42. The number of hydrogen-bond acceptors (Lipinski definition) is 4. The van der Waals surface area contributed by atoms with E-state index in [0.717, 1.165) is 36.8 Å². The predicted octanol–water partition coefficient (Wildman–Crippen LogP) is 2.78. The molecule has 1 amide bonds. The molecule has 0 aromatic heterocycles. The zero-order chi connectivity index (χ0) is 17.5. The summed E-state index contributed by atoms with van der Waals surface area (Å²) in [4.78, 5) is 23.9. The third-order valence-corrected chi connectivity index (χ3v) is 4.54. The summed E-state index contributed by atoms with van der Waals surface area (Å²) in [5.41, 5.74) is 2.21. The van der Waals surface area contributed by atoms with Gasteiger partial charge in [0.05, 0.1) is 13.0 Å². The zero-order valence-corrected chi connectivity index (χ0v) is 14.8. The van der Waals surface area contributed by atoms with Crippen LogP contribution in [0.4, 0.5) is 0 Å². The van der Waals surface area contributed by atoms with Crippen molar-refractivity contribution < 1.29 is 19.1 Å². The van der Waals surface area contributed by atoms with Gasteiger partial charge < -0.3 is 14.8 Å². The number of hydrogen-bond donors (Lipinski definition) is 1. The molecule has 0 aliphatic heterocycles. The number of aryl methyl sites for hydroxylation is 2. The van der Waals surface area contributed by atoms with Gasteiger partial charge in [0.1, 0.15) is 5.75 Å². The van der Waals surface area contributed by atoms with E-state index in [1.165, 1.54) is 7.11 Å². The third-order valence-electron chi connectivity index (χ3n) is 4.54. The molecule has 1 aromatic rings. The van der Waals surface area contributed by atoms with Crippen LogP contribution in [0.15, 0.2) is 18.2 Å². The molecule has 2 rings (SSSR count). The van der Waals surface area contributed by atoms with Crippen LogP contribution in [0.25, 0.3) is 0 Å². The molecule has 1 aromatic carbocycles. The minimum absolute atomic E-state index is 0.0154. The summed E-state index contributed by atoms with van der Waals surface area (Å²) in [5.74, 6) is 0.414. The van der Waals surface area contributed by atoms with Crippen molar-refractivity contribution >= 4 is 11.9 Å². The number of benzene rings is 1. The third kappa shape index (κ3) is 5.25. The molecule has 0 heterocycles. The highest BCUT2D eigenvalue weighted by molar-refractivity contribution is 5.77. The van der Waals surface area contributed by atoms with E-state index in [9.17, 15) is 9.59 Å². The Bertz CT molecular complexity index is 564. The van der Waals surface area contributed by atoms with Gasteiger partial charge in [-0.2, -0.15) is 0 Å². The Kier molecular flexibility index (Phi) is 6.64. The van der Waals surface area contributed by atoms with Crippen LogP contribution in [0.1, 0.15) is 36.8 Å². The van der Waals surface area contributed by atoms with E-state index in [2.05, 4.69) is 11.4 Å². The second-order valence-electron chi connectivity index (χ2n) is 6.59. The second kappa shape index (κ2) is 8.71. The van der Waals surface area contributed by atoms with Gasteiger partial charge in [0.15, 0.2) is 6.61 Å². The van der Waals surface area contributed by atoms with E-state index in [4.69, 9.17) is 9.47 Å². The Morgan fingerprint density at radius 2 is 1.79 bits per heavy atom. The number of carbonyl (C=O) groups is 2. The molecule has 1 aliphatic rings. The predicted molar refractivity (Wildman–Crippen MR) is 91.9 cm³/mol. The number of ether oxygens (including phenoxy) is 2. The number of methoxy groups -OCH3 is 1. The van der Waals surface area contributed by atoms with E-state index in [-0.39, 0.29) is 30.3 Å². The Hall–Kier alpha value is -2.04. The molecule has 132 valence electrons. The van der Waals surface area contributed by atoms with Gasteiger partial charge in [-0.3, -0.25) is 9.59 Å². The summed E-state index contributed by atoms with van der Waals surface area (Å²) >= 11 is 0. The van der Waals surface area contributed by atoms with Crippen molar-refractivity contribution in [2.45, 2.75) is 39.5 Å². The summed E-state index contributed by atoms with van der Waals surface area (Å²) in [6.45, 7) is 4.47. The lowest BCUT2D eigenvalue weighted by molar-refractivity contribution is -0.148. The van der Waals surface area contributed by atoms with Crippen molar-refractivity contribution in [2.75, 3.05) is 20.3 Å². The molecule has 5 heteroatoms. The van der Waals surface area contributed by atoms with Crippen molar-refractivity contribution in [1.82, 2.24) is 5.32 Å². The van der Waals surface area contributed by atoms with Crippen LogP contribution >= 0.6 is 0 Å². The lowest BCUT2D eigenvalue weighted by Gasteiger charge is -2.29. The number of rotatable bonds is 6. The van der Waals surface area contributed by atoms with Crippen LogP contribution in [-0.2, 0) is 14.3 Å². The van der Waals surface area contributed by atoms with E-state index >= 15 is 0 Å². The summed E-state index contributed by atoms with van der Waals surface area (Å²) in [5, 5.41) is 2.89. The number of carbonyl (C=O) groups excluding carboxylic acids is 2. The molecule has 1 aliphatic carbocycles. The molecular weight excluding hydrogens is 306 g/mol. The van der Waals surface area contributed by atoms with Crippen LogP contribution in [0.5, 0.6) is 5.75 Å². The van der Waals surface area contributed by atoms with Crippen molar-refractivity contribution in [2.24, 2.45) is 11.8 Å². The highest BCUT2D eigenvalue weighted by Gasteiger charge is 2.31. The standard InChI is InChI=1S/C19H27NO4/c1-13-8-14(2)10-16(9-13)24-12-18(21)20-11-15-6-4-5-7-17(15)19(22)23-3/h8-10,15,17H,4-7,11-12H2,1-3H3,(H,20,21). The van der Waals surface area contributed by atoms with Crippen molar-refractivity contribution in [3.05, 3.63) is 29.3 Å². The number of esters is 1. The molecule has 0 bridgehead atoms. The van der Waals surface area contributed by atoms with Gasteiger partial charge in [0.2, 0.25) is 0 Å². The van der Waals surface area contributed by atoms with Gasteiger partial charge in [0.25, 0.3) is 5.91 Å². The molecule has 1 N–H and O–H groups in total. The van der Waals surface area contributed by atoms with Crippen LogP contribution < -0.4 is 10.1 Å². The molecule has 1 saturated carbocycles. The first-order valence-corrected chi connectivity index (χ1v) is 8.55. The number of nitrogens with one attached hydrogen (secondary N) is 1. The Morgan fingerprint density at radius 1 is 1.12 bits per heavy atom. The fourth-order valence-electron chi connectivity index (χ4n) is 3.37. The van der Waals surface area contributed by atoms with E-state index < -0.39 is 0 Å². The Morgan fingerprint density at radius 3 is 2.46 bits per heavy atom. The first kappa shape index (κ1) is 18.3. The molecule has 2 atom stereocenters. The molecule has 24 heavy (non-hydrogen) atoms. The quantitative estimate of drug-likeness (QED) is 0.813. The van der Waals surface area contributed by atoms with E-state index in [1.807, 2.05) is 26.0 Å². The topological polar surface area (TPSA) is 64.6 Å². The molecule has 0 saturated heterocycles. The average Bonchev–Trinajstić information content (AvgIpc) is 2.57. The summed E-state index contributed by atoms with van der Waals surface area (Å²) in [6, 6.07) is 5.88. The van der Waals surface area contributed by atoms with Gasteiger partial charge in [-0.05, 0) is 55.9 Å². The lowest BCUT2D eigenvalue weighted by Crippen LogP contribution is -2.39. The molecule has 2 unspecified atom stereocenters. The van der Waals surface area contributed by atoms with Crippen LogP contribution in [0.3, 0.4) is 0 Å². The molecule has 5 nitrogen and oxygen atoms in total. The van der Waals surface area contributed by atoms with E-state index in [1.54, 1.807) is 0 Å². The highest BCUT2D eigenvalue weighted by atomic mass is 16.5. The maximum absolute atomic E-state index is 12.0. The van der Waals surface area contributed by atoms with Crippen LogP contribution in [-0.4, -0.2) is 32.1 Å². The summed E-state index contributed by atoms with van der Waals surface area (Å²) < 4.78 is 10.4. The van der Waals surface area contributed by atoms with Crippen molar-refractivity contribution in [3.8, 4) is 5.75 Å². The van der Waals surface area contributed by atoms with Gasteiger partial charge in [-0.25, -0.2) is 0 Å². The van der Waals surface area contributed by atoms with Crippen LogP contribution in [0, 0.1) is 25.7 Å². The van der Waals surface area contributed by atoms with Crippen LogP contribution in [0.2, 0.25) is 0 Å². The Labute approximate surface area is 143 Å². The molecular formula is C19H27NO4. The Balaban J connectivity index is 1.80.